The largest absolute Gasteiger partial charge is 0.378 e. The van der Waals surface area contributed by atoms with Crippen LogP contribution in [0.4, 0.5) is 0 Å². The van der Waals surface area contributed by atoms with E-state index in [0.717, 1.165) is 39.0 Å². The van der Waals surface area contributed by atoms with Gasteiger partial charge in [0.05, 0.1) is 13.2 Å². The quantitative estimate of drug-likeness (QED) is 0.749. The van der Waals surface area contributed by atoms with Crippen molar-refractivity contribution in [1.82, 2.24) is 15.1 Å². The van der Waals surface area contributed by atoms with Crippen molar-refractivity contribution in [2.24, 2.45) is 0 Å². The van der Waals surface area contributed by atoms with E-state index in [0.29, 0.717) is 19.3 Å². The zero-order valence-corrected chi connectivity index (χ0v) is 11.5. The van der Waals surface area contributed by atoms with E-state index in [1.165, 1.54) is 0 Å². The van der Waals surface area contributed by atoms with Crippen LogP contribution in [0.5, 0.6) is 0 Å². The molecule has 2 aliphatic heterocycles. The summed E-state index contributed by atoms with van der Waals surface area (Å²) in [5.41, 5.74) is 0. The number of hydrogen-bond acceptors (Lipinski definition) is 4. The average Bonchev–Trinajstić information content (AvgIpc) is 2.60. The lowest BCUT2D eigenvalue weighted by molar-refractivity contribution is -0.138. The van der Waals surface area contributed by atoms with Gasteiger partial charge in [-0.3, -0.25) is 4.79 Å². The first-order valence-corrected chi connectivity index (χ1v) is 7.02. The summed E-state index contributed by atoms with van der Waals surface area (Å²) in [5.74, 6) is 0.219. The predicted octanol–water partition coefficient (Wildman–Crippen LogP) is -0.0825. The molecular formula is C13H25N3O2. The number of rotatable bonds is 2. The number of morpholine rings is 1. The molecule has 0 aromatic rings. The van der Waals surface area contributed by atoms with Gasteiger partial charge in [0.15, 0.2) is 0 Å². The second kappa shape index (κ2) is 6.50. The number of carbonyl (C=O) groups is 1. The third-order valence-electron chi connectivity index (χ3n) is 3.88. The van der Waals surface area contributed by atoms with Crippen LogP contribution in [0.15, 0.2) is 0 Å². The summed E-state index contributed by atoms with van der Waals surface area (Å²) in [6.45, 7) is 7.10. The van der Waals surface area contributed by atoms with Gasteiger partial charge in [0.1, 0.15) is 6.04 Å². The van der Waals surface area contributed by atoms with Gasteiger partial charge < -0.3 is 19.9 Å². The molecule has 5 heteroatoms. The van der Waals surface area contributed by atoms with Gasteiger partial charge in [-0.25, -0.2) is 0 Å². The average molecular weight is 255 g/mol. The van der Waals surface area contributed by atoms with Gasteiger partial charge >= 0.3 is 0 Å². The molecule has 2 atom stereocenters. The Bertz CT molecular complexity index is 279. The number of ether oxygens (including phenoxy) is 1. The molecule has 5 nitrogen and oxygen atoms in total. The fraction of sp³-hybridized carbons (Fsp3) is 0.923. The maximum Gasteiger partial charge on any atom is 0.242 e. The lowest BCUT2D eigenvalue weighted by Crippen LogP contribution is -2.55. The number of nitrogens with one attached hydrogen (secondary N) is 1. The Kier molecular flexibility index (Phi) is 4.97. The second-order valence-electron chi connectivity index (χ2n) is 5.29. The zero-order valence-electron chi connectivity index (χ0n) is 11.5. The Morgan fingerprint density at radius 1 is 1.44 bits per heavy atom. The van der Waals surface area contributed by atoms with Gasteiger partial charge in [-0.15, -0.1) is 0 Å². The highest BCUT2D eigenvalue weighted by Gasteiger charge is 2.31. The molecule has 2 saturated heterocycles. The third-order valence-corrected chi connectivity index (χ3v) is 3.88. The number of nitrogens with zero attached hydrogens (tertiary/aromatic N) is 2. The van der Waals surface area contributed by atoms with E-state index in [4.69, 9.17) is 4.74 Å². The first kappa shape index (κ1) is 13.8. The molecule has 2 heterocycles. The minimum absolute atomic E-state index is 0.142. The Morgan fingerprint density at radius 2 is 2.28 bits per heavy atom. The van der Waals surface area contributed by atoms with E-state index < -0.39 is 0 Å². The summed E-state index contributed by atoms with van der Waals surface area (Å²) in [6, 6.07) is 0.199. The summed E-state index contributed by atoms with van der Waals surface area (Å²) in [7, 11) is 2.14. The molecule has 0 aromatic heterocycles. The molecule has 0 bridgehead atoms. The smallest absolute Gasteiger partial charge is 0.242 e. The summed E-state index contributed by atoms with van der Waals surface area (Å²) in [4.78, 5) is 16.9. The summed E-state index contributed by atoms with van der Waals surface area (Å²) >= 11 is 0. The molecule has 0 spiro atoms. The van der Waals surface area contributed by atoms with Crippen molar-refractivity contribution < 1.29 is 9.53 Å². The van der Waals surface area contributed by atoms with Crippen molar-refractivity contribution in [3.05, 3.63) is 0 Å². The van der Waals surface area contributed by atoms with Crippen molar-refractivity contribution in [3.8, 4) is 0 Å². The molecule has 2 unspecified atom stereocenters. The van der Waals surface area contributed by atoms with Crippen LogP contribution in [0.25, 0.3) is 0 Å². The van der Waals surface area contributed by atoms with E-state index in [1.54, 1.807) is 0 Å². The van der Waals surface area contributed by atoms with Crippen LogP contribution in [-0.2, 0) is 9.53 Å². The van der Waals surface area contributed by atoms with Crippen LogP contribution in [-0.4, -0.2) is 74.2 Å². The van der Waals surface area contributed by atoms with Crippen LogP contribution >= 0.6 is 0 Å². The van der Waals surface area contributed by atoms with Gasteiger partial charge in [0.25, 0.3) is 0 Å². The summed E-state index contributed by atoms with van der Waals surface area (Å²) in [5, 5.41) is 3.26. The summed E-state index contributed by atoms with van der Waals surface area (Å²) < 4.78 is 5.39. The second-order valence-corrected chi connectivity index (χ2v) is 5.29. The van der Waals surface area contributed by atoms with Gasteiger partial charge in [0, 0.05) is 25.7 Å². The highest BCUT2D eigenvalue weighted by molar-refractivity contribution is 5.82. The van der Waals surface area contributed by atoms with Crippen molar-refractivity contribution in [3.63, 3.8) is 0 Å². The van der Waals surface area contributed by atoms with Crippen molar-refractivity contribution in [1.29, 1.82) is 0 Å². The normalized spacial score (nSPS) is 31.1. The van der Waals surface area contributed by atoms with Gasteiger partial charge in [-0.05, 0) is 26.4 Å². The van der Waals surface area contributed by atoms with Crippen molar-refractivity contribution >= 4 is 5.91 Å². The molecule has 1 N–H and O–H groups in total. The SMILES string of the molecule is CCC1CN(C)CCCN1C(=O)C1COCCN1. The minimum Gasteiger partial charge on any atom is -0.378 e. The van der Waals surface area contributed by atoms with E-state index >= 15 is 0 Å². The van der Waals surface area contributed by atoms with E-state index in [2.05, 4.69) is 29.1 Å². The lowest BCUT2D eigenvalue weighted by atomic mass is 10.1. The highest BCUT2D eigenvalue weighted by Crippen LogP contribution is 2.14. The monoisotopic (exact) mass is 255 g/mol. The molecule has 104 valence electrons. The molecule has 0 aromatic carbocycles. The first-order valence-electron chi connectivity index (χ1n) is 7.02. The van der Waals surface area contributed by atoms with Crippen LogP contribution in [0, 0.1) is 0 Å². The molecule has 2 fully saturated rings. The predicted molar refractivity (Wildman–Crippen MR) is 70.5 cm³/mol. The topological polar surface area (TPSA) is 44.8 Å². The molecular weight excluding hydrogens is 230 g/mol. The van der Waals surface area contributed by atoms with E-state index in [1.807, 2.05) is 0 Å². The molecule has 0 aliphatic carbocycles. The Hall–Kier alpha value is -0.650. The first-order chi connectivity index (χ1) is 8.72. The van der Waals surface area contributed by atoms with Crippen molar-refractivity contribution in [2.75, 3.05) is 46.4 Å². The fourth-order valence-electron chi connectivity index (χ4n) is 2.81. The van der Waals surface area contributed by atoms with Crippen LogP contribution < -0.4 is 5.32 Å². The Labute approximate surface area is 109 Å². The molecule has 1 amide bonds. The van der Waals surface area contributed by atoms with E-state index in [9.17, 15) is 4.79 Å². The van der Waals surface area contributed by atoms with Gasteiger partial charge in [-0.2, -0.15) is 0 Å². The lowest BCUT2D eigenvalue weighted by Gasteiger charge is -2.34. The van der Waals surface area contributed by atoms with E-state index in [-0.39, 0.29) is 11.9 Å². The number of likely N-dealkylation sites (N-methyl/N-ethyl adjacent to an activating group) is 1. The number of hydrogen-bond donors (Lipinski definition) is 1. The fourth-order valence-corrected chi connectivity index (χ4v) is 2.81. The van der Waals surface area contributed by atoms with Crippen LogP contribution in [0.3, 0.4) is 0 Å². The third kappa shape index (κ3) is 3.22. The molecule has 2 aliphatic rings. The minimum atomic E-state index is -0.142. The van der Waals surface area contributed by atoms with Crippen LogP contribution in [0.1, 0.15) is 19.8 Å². The number of carbonyl (C=O) groups excluding carboxylic acids is 1. The zero-order chi connectivity index (χ0) is 13.0. The maximum absolute atomic E-state index is 12.5. The van der Waals surface area contributed by atoms with Gasteiger partial charge in [0.2, 0.25) is 5.91 Å². The molecule has 18 heavy (non-hydrogen) atoms. The molecule has 2 rings (SSSR count). The highest BCUT2D eigenvalue weighted by atomic mass is 16.5. The van der Waals surface area contributed by atoms with Crippen LogP contribution in [0.2, 0.25) is 0 Å². The van der Waals surface area contributed by atoms with Crippen molar-refractivity contribution in [2.45, 2.75) is 31.8 Å². The Balaban J connectivity index is 2.01. The number of amides is 1. The summed E-state index contributed by atoms with van der Waals surface area (Å²) in [6.07, 6.45) is 2.08. The molecule has 0 radical (unpaired) electrons. The molecule has 0 saturated carbocycles. The van der Waals surface area contributed by atoms with Gasteiger partial charge in [-0.1, -0.05) is 6.92 Å². The Morgan fingerprint density at radius 3 is 2.94 bits per heavy atom. The maximum atomic E-state index is 12.5. The standard InChI is InChI=1S/C13H25N3O2/c1-3-11-9-15(2)6-4-7-16(11)13(17)12-10-18-8-5-14-12/h11-12,14H,3-10H2,1-2H3.